The van der Waals surface area contributed by atoms with Crippen LogP contribution in [0.5, 0.6) is 5.75 Å². The summed E-state index contributed by atoms with van der Waals surface area (Å²) < 4.78 is 7.66. The average Bonchev–Trinajstić information content (AvgIpc) is 2.88. The van der Waals surface area contributed by atoms with E-state index in [4.69, 9.17) is 4.74 Å². The third-order valence-corrected chi connectivity index (χ3v) is 4.15. The number of aromatic nitrogens is 3. The lowest BCUT2D eigenvalue weighted by molar-refractivity contribution is 0.112. The Morgan fingerprint density at radius 2 is 2.05 bits per heavy atom. The lowest BCUT2D eigenvalue weighted by Gasteiger charge is -2.06. The first-order valence-electron chi connectivity index (χ1n) is 6.93. The molecule has 1 aromatic carbocycles. The van der Waals surface area contributed by atoms with Crippen LogP contribution >= 0.6 is 11.8 Å². The van der Waals surface area contributed by atoms with Gasteiger partial charge in [-0.3, -0.25) is 4.79 Å². The molecule has 0 unspecified atom stereocenters. The van der Waals surface area contributed by atoms with Crippen LogP contribution in [0.2, 0.25) is 0 Å². The van der Waals surface area contributed by atoms with Crippen molar-refractivity contribution in [1.29, 1.82) is 0 Å². The predicted molar refractivity (Wildman–Crippen MR) is 83.0 cm³/mol. The number of carbonyl (C=O) groups is 1. The summed E-state index contributed by atoms with van der Waals surface area (Å²) in [6, 6.07) is 7.13. The van der Waals surface area contributed by atoms with Gasteiger partial charge >= 0.3 is 0 Å². The molecule has 2 aromatic rings. The second-order valence-corrected chi connectivity index (χ2v) is 5.61. The summed E-state index contributed by atoms with van der Waals surface area (Å²) in [7, 11) is 1.99. The smallest absolute Gasteiger partial charge is 0.190 e. The van der Waals surface area contributed by atoms with Gasteiger partial charge in [0.25, 0.3) is 0 Å². The molecule has 5 nitrogen and oxygen atoms in total. The van der Waals surface area contributed by atoms with Crippen LogP contribution in [-0.4, -0.2) is 33.4 Å². The number of rotatable bonds is 8. The van der Waals surface area contributed by atoms with Crippen molar-refractivity contribution in [3.8, 4) is 5.75 Å². The van der Waals surface area contributed by atoms with Crippen LogP contribution in [0.3, 0.4) is 0 Å². The Hall–Kier alpha value is -1.82. The van der Waals surface area contributed by atoms with Crippen LogP contribution in [0, 0.1) is 0 Å². The van der Waals surface area contributed by atoms with Crippen molar-refractivity contribution in [3.63, 3.8) is 0 Å². The lowest BCUT2D eigenvalue weighted by atomic mass is 10.2. The van der Waals surface area contributed by atoms with Gasteiger partial charge in [0.2, 0.25) is 0 Å². The maximum Gasteiger partial charge on any atom is 0.190 e. The first-order chi connectivity index (χ1) is 10.2. The van der Waals surface area contributed by atoms with Crippen LogP contribution in [-0.2, 0) is 13.5 Å². The van der Waals surface area contributed by atoms with E-state index >= 15 is 0 Å². The number of carbonyl (C=O) groups excluding carboxylic acids is 1. The van der Waals surface area contributed by atoms with E-state index < -0.39 is 0 Å². The summed E-state index contributed by atoms with van der Waals surface area (Å²) in [6.45, 7) is 2.72. The van der Waals surface area contributed by atoms with Gasteiger partial charge in [-0.2, -0.15) is 0 Å². The SMILES string of the molecule is CCc1nnc(SCCCOc2ccc(C=O)cc2)n1C. The van der Waals surface area contributed by atoms with Gasteiger partial charge in [0.15, 0.2) is 5.16 Å². The molecule has 0 aliphatic rings. The van der Waals surface area contributed by atoms with E-state index in [1.807, 2.05) is 23.7 Å². The molecule has 1 heterocycles. The summed E-state index contributed by atoms with van der Waals surface area (Å²) in [6.07, 6.45) is 2.64. The normalized spacial score (nSPS) is 10.6. The number of aldehydes is 1. The summed E-state index contributed by atoms with van der Waals surface area (Å²) in [5.74, 6) is 2.73. The Labute approximate surface area is 128 Å². The summed E-state index contributed by atoms with van der Waals surface area (Å²) in [5, 5.41) is 9.24. The molecule has 1 aromatic heterocycles. The van der Waals surface area contributed by atoms with E-state index in [-0.39, 0.29) is 0 Å². The fourth-order valence-electron chi connectivity index (χ4n) is 1.83. The van der Waals surface area contributed by atoms with E-state index in [0.717, 1.165) is 41.6 Å². The molecule has 0 atom stereocenters. The van der Waals surface area contributed by atoms with Crippen molar-refractivity contribution >= 4 is 18.0 Å². The number of nitrogens with zero attached hydrogens (tertiary/aromatic N) is 3. The minimum Gasteiger partial charge on any atom is -0.494 e. The molecule has 0 N–H and O–H groups in total. The van der Waals surface area contributed by atoms with E-state index in [0.29, 0.717) is 12.2 Å². The van der Waals surface area contributed by atoms with Gasteiger partial charge in [-0.15, -0.1) is 10.2 Å². The van der Waals surface area contributed by atoms with Crippen molar-refractivity contribution < 1.29 is 9.53 Å². The van der Waals surface area contributed by atoms with E-state index in [2.05, 4.69) is 17.1 Å². The van der Waals surface area contributed by atoms with Crippen LogP contribution in [0.25, 0.3) is 0 Å². The van der Waals surface area contributed by atoms with Crippen molar-refractivity contribution in [2.75, 3.05) is 12.4 Å². The quantitative estimate of drug-likeness (QED) is 0.426. The van der Waals surface area contributed by atoms with Crippen LogP contribution in [0.1, 0.15) is 29.5 Å². The molecule has 0 aliphatic heterocycles. The average molecular weight is 305 g/mol. The Kier molecular flexibility index (Phi) is 5.80. The van der Waals surface area contributed by atoms with Gasteiger partial charge in [-0.05, 0) is 30.7 Å². The van der Waals surface area contributed by atoms with Gasteiger partial charge < -0.3 is 9.30 Å². The molecule has 21 heavy (non-hydrogen) atoms. The molecule has 0 fully saturated rings. The maximum atomic E-state index is 10.5. The Morgan fingerprint density at radius 1 is 1.29 bits per heavy atom. The van der Waals surface area contributed by atoms with Gasteiger partial charge in [0.1, 0.15) is 17.9 Å². The number of benzene rings is 1. The molecule has 0 saturated carbocycles. The van der Waals surface area contributed by atoms with Gasteiger partial charge in [0.05, 0.1) is 6.61 Å². The zero-order valence-electron chi connectivity index (χ0n) is 12.3. The van der Waals surface area contributed by atoms with Crippen LogP contribution in [0.4, 0.5) is 0 Å². The summed E-state index contributed by atoms with van der Waals surface area (Å²) in [5.41, 5.74) is 0.659. The summed E-state index contributed by atoms with van der Waals surface area (Å²) in [4.78, 5) is 10.5. The topological polar surface area (TPSA) is 57.0 Å². The molecule has 0 aliphatic carbocycles. The summed E-state index contributed by atoms with van der Waals surface area (Å²) >= 11 is 1.69. The van der Waals surface area contributed by atoms with Crippen molar-refractivity contribution in [2.45, 2.75) is 24.9 Å². The Morgan fingerprint density at radius 3 is 2.67 bits per heavy atom. The highest BCUT2D eigenvalue weighted by Crippen LogP contribution is 2.17. The Balaban J connectivity index is 1.69. The zero-order chi connectivity index (χ0) is 15.1. The highest BCUT2D eigenvalue weighted by Gasteiger charge is 2.06. The fourth-order valence-corrected chi connectivity index (χ4v) is 2.68. The second-order valence-electron chi connectivity index (χ2n) is 4.55. The van der Waals surface area contributed by atoms with Crippen molar-refractivity contribution in [3.05, 3.63) is 35.7 Å². The second kappa shape index (κ2) is 7.83. The minimum atomic E-state index is 0.645. The zero-order valence-corrected chi connectivity index (χ0v) is 13.1. The first kappa shape index (κ1) is 15.6. The first-order valence-corrected chi connectivity index (χ1v) is 7.92. The van der Waals surface area contributed by atoms with Crippen LogP contribution in [0.15, 0.2) is 29.4 Å². The number of ether oxygens (including phenoxy) is 1. The van der Waals surface area contributed by atoms with Gasteiger partial charge in [-0.25, -0.2) is 0 Å². The molecule has 0 amide bonds. The molecule has 0 radical (unpaired) electrons. The number of aryl methyl sites for hydroxylation is 1. The van der Waals surface area contributed by atoms with Crippen molar-refractivity contribution in [2.24, 2.45) is 7.05 Å². The molecule has 2 rings (SSSR count). The predicted octanol–water partition coefficient (Wildman–Crippen LogP) is 2.75. The highest BCUT2D eigenvalue weighted by molar-refractivity contribution is 7.99. The third kappa shape index (κ3) is 4.32. The van der Waals surface area contributed by atoms with E-state index in [1.54, 1.807) is 23.9 Å². The fraction of sp³-hybridized carbons (Fsp3) is 0.400. The number of hydrogen-bond acceptors (Lipinski definition) is 5. The van der Waals surface area contributed by atoms with Crippen LogP contribution < -0.4 is 4.74 Å². The largest absolute Gasteiger partial charge is 0.494 e. The highest BCUT2D eigenvalue weighted by atomic mass is 32.2. The van der Waals surface area contributed by atoms with E-state index in [9.17, 15) is 4.79 Å². The lowest BCUT2D eigenvalue weighted by Crippen LogP contribution is -2.00. The molecule has 0 bridgehead atoms. The van der Waals surface area contributed by atoms with Gasteiger partial charge in [0, 0.05) is 24.8 Å². The maximum absolute atomic E-state index is 10.5. The van der Waals surface area contributed by atoms with Gasteiger partial charge in [-0.1, -0.05) is 18.7 Å². The molecule has 0 spiro atoms. The number of hydrogen-bond donors (Lipinski definition) is 0. The van der Waals surface area contributed by atoms with Crippen molar-refractivity contribution in [1.82, 2.24) is 14.8 Å². The Bertz CT molecular complexity index is 581. The molecule has 0 saturated heterocycles. The molecule has 112 valence electrons. The molecular weight excluding hydrogens is 286 g/mol. The molecular formula is C15H19N3O2S. The number of thioether (sulfide) groups is 1. The standard InChI is InChI=1S/C15H19N3O2S/c1-3-14-16-17-15(18(14)2)21-10-4-9-20-13-7-5-12(11-19)6-8-13/h5-8,11H,3-4,9-10H2,1-2H3. The van der Waals surface area contributed by atoms with E-state index in [1.165, 1.54) is 0 Å². The molecule has 6 heteroatoms. The monoisotopic (exact) mass is 305 g/mol. The third-order valence-electron chi connectivity index (χ3n) is 3.05. The minimum absolute atomic E-state index is 0.645.